The summed E-state index contributed by atoms with van der Waals surface area (Å²) in [6, 6.07) is 6.07. The van der Waals surface area contributed by atoms with Gasteiger partial charge in [-0.3, -0.25) is 4.79 Å². The van der Waals surface area contributed by atoms with Crippen LogP contribution < -0.4 is 16.4 Å². The van der Waals surface area contributed by atoms with Gasteiger partial charge in [0.2, 0.25) is 5.91 Å². The Hall–Kier alpha value is -3.33. The van der Waals surface area contributed by atoms with Crippen molar-refractivity contribution < 1.29 is 4.79 Å². The minimum atomic E-state index is -0.225. The smallest absolute Gasteiger partial charge is 0.230 e. The first-order valence-electron chi connectivity index (χ1n) is 9.02. The molecule has 1 amide bonds. The molecule has 27 heavy (non-hydrogen) atoms. The maximum atomic E-state index is 12.2. The molecule has 0 spiro atoms. The fourth-order valence-electron chi connectivity index (χ4n) is 3.54. The number of fused-ring (bicyclic) bond motifs is 1. The summed E-state index contributed by atoms with van der Waals surface area (Å²) < 4.78 is 0. The molecule has 4 rings (SSSR count). The Bertz CT molecular complexity index is 1050. The number of nitrogens with zero attached hydrogens (tertiary/aromatic N) is 2. The monoisotopic (exact) mass is 359 g/mol. The lowest BCUT2D eigenvalue weighted by molar-refractivity contribution is -0.117. The van der Waals surface area contributed by atoms with Crippen molar-refractivity contribution in [3.8, 4) is 6.07 Å². The Morgan fingerprint density at radius 3 is 2.96 bits per heavy atom. The van der Waals surface area contributed by atoms with Crippen LogP contribution in [0.4, 0.5) is 11.5 Å². The van der Waals surface area contributed by atoms with Crippen LogP contribution in [0.1, 0.15) is 24.5 Å². The van der Waals surface area contributed by atoms with E-state index in [1.165, 1.54) is 5.57 Å². The van der Waals surface area contributed by atoms with Crippen LogP contribution >= 0.6 is 0 Å². The second kappa shape index (κ2) is 6.44. The minimum absolute atomic E-state index is 0.147. The number of carbonyl (C=O) groups excluding carboxylic acids is 1. The number of nitrogen functional groups attached to an aromatic ring is 1. The van der Waals surface area contributed by atoms with Crippen LogP contribution in [0.2, 0.25) is 0 Å². The summed E-state index contributed by atoms with van der Waals surface area (Å²) in [5.74, 6) is 0.217. The van der Waals surface area contributed by atoms with Crippen molar-refractivity contribution in [1.29, 1.82) is 5.26 Å². The molecule has 1 saturated carbocycles. The SMILES string of the molecule is Cc1c(C2=CNC=CC2C)cc2cc(NC(=O)[C@@H]3C[C@H]3C#N)ncc2c1N. The quantitative estimate of drug-likeness (QED) is 0.729. The van der Waals surface area contributed by atoms with E-state index in [4.69, 9.17) is 11.0 Å². The molecular formula is C21H21N5O. The number of benzene rings is 1. The number of aromatic nitrogens is 1. The average molecular weight is 359 g/mol. The van der Waals surface area contributed by atoms with Gasteiger partial charge in [-0.1, -0.05) is 13.0 Å². The molecule has 136 valence electrons. The normalized spacial score (nSPS) is 23.3. The number of dihydropyridines is 1. The molecule has 1 aromatic carbocycles. The van der Waals surface area contributed by atoms with Crippen molar-refractivity contribution in [1.82, 2.24) is 10.3 Å². The third-order valence-electron chi connectivity index (χ3n) is 5.40. The molecule has 1 fully saturated rings. The van der Waals surface area contributed by atoms with Crippen LogP contribution in [0.15, 0.2) is 36.8 Å². The Morgan fingerprint density at radius 2 is 2.26 bits per heavy atom. The Balaban J connectivity index is 1.70. The summed E-state index contributed by atoms with van der Waals surface area (Å²) in [6.45, 7) is 4.16. The van der Waals surface area contributed by atoms with Gasteiger partial charge in [0.15, 0.2) is 0 Å². The molecule has 1 aliphatic heterocycles. The first-order chi connectivity index (χ1) is 13.0. The predicted molar refractivity (Wildman–Crippen MR) is 106 cm³/mol. The standard InChI is InChI=1S/C21H21N5O/c1-11-3-4-24-9-17(11)15-5-13-7-19(25-10-18(13)20(23)12(15)2)26-21(27)16-6-14(16)8-22/h3-5,7,9-11,14,16,24H,6,23H2,1-2H3,(H,25,26,27)/t11?,14-,16+/m0/s1. The molecule has 6 heteroatoms. The summed E-state index contributed by atoms with van der Waals surface area (Å²) in [6.07, 6.45) is 8.35. The zero-order chi connectivity index (χ0) is 19.1. The number of amides is 1. The van der Waals surface area contributed by atoms with Gasteiger partial charge in [-0.25, -0.2) is 4.98 Å². The summed E-state index contributed by atoms with van der Waals surface area (Å²) in [4.78, 5) is 16.5. The molecular weight excluding hydrogens is 338 g/mol. The zero-order valence-electron chi connectivity index (χ0n) is 15.3. The van der Waals surface area contributed by atoms with E-state index in [0.717, 1.165) is 21.9 Å². The Kier molecular flexibility index (Phi) is 4.08. The van der Waals surface area contributed by atoms with Crippen molar-refractivity contribution in [3.63, 3.8) is 0 Å². The van der Waals surface area contributed by atoms with Crippen molar-refractivity contribution in [2.45, 2.75) is 20.3 Å². The van der Waals surface area contributed by atoms with E-state index in [-0.39, 0.29) is 23.7 Å². The summed E-state index contributed by atoms with van der Waals surface area (Å²) in [5.41, 5.74) is 10.4. The number of hydrogen-bond acceptors (Lipinski definition) is 5. The minimum Gasteiger partial charge on any atom is -0.398 e. The van der Waals surface area contributed by atoms with Crippen LogP contribution in [0.25, 0.3) is 16.3 Å². The molecule has 2 heterocycles. The van der Waals surface area contributed by atoms with Gasteiger partial charge in [0.1, 0.15) is 5.82 Å². The molecule has 3 atom stereocenters. The van der Waals surface area contributed by atoms with Crippen LogP contribution in [-0.2, 0) is 4.79 Å². The second-order valence-electron chi connectivity index (χ2n) is 7.23. The molecule has 0 radical (unpaired) electrons. The van der Waals surface area contributed by atoms with Gasteiger partial charge in [0, 0.05) is 29.4 Å². The van der Waals surface area contributed by atoms with E-state index in [0.29, 0.717) is 17.9 Å². The third-order valence-corrected chi connectivity index (χ3v) is 5.40. The summed E-state index contributed by atoms with van der Waals surface area (Å²) in [7, 11) is 0. The molecule has 1 unspecified atom stereocenters. The molecule has 2 aliphatic rings. The number of nitriles is 1. The number of pyridine rings is 1. The maximum absolute atomic E-state index is 12.2. The van der Waals surface area contributed by atoms with E-state index >= 15 is 0 Å². The van der Waals surface area contributed by atoms with Gasteiger partial charge < -0.3 is 16.4 Å². The van der Waals surface area contributed by atoms with Gasteiger partial charge in [0.25, 0.3) is 0 Å². The molecule has 1 aliphatic carbocycles. The molecule has 6 nitrogen and oxygen atoms in total. The largest absolute Gasteiger partial charge is 0.398 e. The highest BCUT2D eigenvalue weighted by Gasteiger charge is 2.43. The van der Waals surface area contributed by atoms with Crippen LogP contribution in [0.5, 0.6) is 0 Å². The number of allylic oxidation sites excluding steroid dienone is 2. The van der Waals surface area contributed by atoms with Gasteiger partial charge in [0.05, 0.1) is 17.9 Å². The topological polar surface area (TPSA) is 104 Å². The lowest BCUT2D eigenvalue weighted by atomic mass is 9.88. The zero-order valence-corrected chi connectivity index (χ0v) is 15.3. The van der Waals surface area contributed by atoms with E-state index in [2.05, 4.69) is 40.8 Å². The van der Waals surface area contributed by atoms with Crippen LogP contribution in [0.3, 0.4) is 0 Å². The van der Waals surface area contributed by atoms with Crippen LogP contribution in [-0.4, -0.2) is 10.9 Å². The first kappa shape index (κ1) is 17.1. The highest BCUT2D eigenvalue weighted by Crippen LogP contribution is 2.39. The number of nitrogens with two attached hydrogens (primary N) is 1. The first-order valence-corrected chi connectivity index (χ1v) is 9.02. The average Bonchev–Trinajstić information content (AvgIpc) is 3.45. The van der Waals surface area contributed by atoms with Gasteiger partial charge in [-0.05, 0) is 53.8 Å². The number of nitrogens with one attached hydrogen (secondary N) is 2. The lowest BCUT2D eigenvalue weighted by Gasteiger charge is -2.21. The molecule has 4 N–H and O–H groups in total. The predicted octanol–water partition coefficient (Wildman–Crippen LogP) is 3.32. The Morgan fingerprint density at radius 1 is 1.44 bits per heavy atom. The van der Waals surface area contributed by atoms with Crippen molar-refractivity contribution in [2.75, 3.05) is 11.1 Å². The number of rotatable bonds is 3. The second-order valence-corrected chi connectivity index (χ2v) is 7.23. The molecule has 0 saturated heterocycles. The van der Waals surface area contributed by atoms with E-state index in [1.54, 1.807) is 6.20 Å². The number of carbonyl (C=O) groups is 1. The Labute approximate surface area is 157 Å². The maximum Gasteiger partial charge on any atom is 0.230 e. The van der Waals surface area contributed by atoms with Gasteiger partial charge in [-0.15, -0.1) is 0 Å². The van der Waals surface area contributed by atoms with E-state index in [1.807, 2.05) is 25.4 Å². The van der Waals surface area contributed by atoms with E-state index < -0.39 is 0 Å². The number of hydrogen-bond donors (Lipinski definition) is 3. The fraction of sp³-hybridized carbons (Fsp3) is 0.286. The van der Waals surface area contributed by atoms with Crippen LogP contribution in [0, 0.1) is 36.0 Å². The third kappa shape index (κ3) is 3.02. The van der Waals surface area contributed by atoms with E-state index in [9.17, 15) is 4.79 Å². The highest BCUT2D eigenvalue weighted by atomic mass is 16.2. The highest BCUT2D eigenvalue weighted by molar-refractivity contribution is 6.01. The summed E-state index contributed by atoms with van der Waals surface area (Å²) in [5, 5.41) is 16.6. The lowest BCUT2D eigenvalue weighted by Crippen LogP contribution is -2.15. The molecule has 2 aromatic rings. The molecule has 0 bridgehead atoms. The van der Waals surface area contributed by atoms with Crippen molar-refractivity contribution >= 4 is 33.8 Å². The number of anilines is 2. The van der Waals surface area contributed by atoms with Crippen molar-refractivity contribution in [2.24, 2.45) is 17.8 Å². The van der Waals surface area contributed by atoms with Crippen molar-refractivity contribution in [3.05, 3.63) is 47.9 Å². The fourth-order valence-corrected chi connectivity index (χ4v) is 3.54. The molecule has 1 aromatic heterocycles. The summed E-state index contributed by atoms with van der Waals surface area (Å²) >= 11 is 0. The van der Waals surface area contributed by atoms with Gasteiger partial charge >= 0.3 is 0 Å². The van der Waals surface area contributed by atoms with Gasteiger partial charge in [-0.2, -0.15) is 5.26 Å².